The van der Waals surface area contributed by atoms with Crippen LogP contribution in [0.5, 0.6) is 0 Å². The topological polar surface area (TPSA) is 95.7 Å². The lowest BCUT2D eigenvalue weighted by Gasteiger charge is -2.18. The first-order valence-electron chi connectivity index (χ1n) is 15.2. The van der Waals surface area contributed by atoms with Crippen LogP contribution in [-0.2, 0) is 11.2 Å². The van der Waals surface area contributed by atoms with Crippen molar-refractivity contribution in [2.45, 2.75) is 19.4 Å². The summed E-state index contributed by atoms with van der Waals surface area (Å²) in [6.45, 7) is 4.01. The van der Waals surface area contributed by atoms with Crippen LogP contribution < -0.4 is 5.32 Å². The van der Waals surface area contributed by atoms with Gasteiger partial charge in [-0.15, -0.1) is 0 Å². The molecule has 1 aliphatic rings. The van der Waals surface area contributed by atoms with E-state index in [4.69, 9.17) is 10.1 Å². The summed E-state index contributed by atoms with van der Waals surface area (Å²) >= 11 is 0. The molecule has 1 aliphatic heterocycles. The number of aromatic nitrogens is 4. The molecule has 0 unspecified atom stereocenters. The Morgan fingerprint density at radius 1 is 0.978 bits per heavy atom. The number of fused-ring (bicyclic) bond motifs is 1. The lowest BCUT2D eigenvalue weighted by molar-refractivity contribution is -0.114. The van der Waals surface area contributed by atoms with Gasteiger partial charge < -0.3 is 15.1 Å². The number of anilines is 1. The highest BCUT2D eigenvalue weighted by Crippen LogP contribution is 2.34. The molecule has 5 aromatic rings. The van der Waals surface area contributed by atoms with Gasteiger partial charge in [-0.05, 0) is 62.0 Å². The summed E-state index contributed by atoms with van der Waals surface area (Å²) in [4.78, 5) is 39.0. The van der Waals surface area contributed by atoms with Crippen molar-refractivity contribution in [3.8, 4) is 22.5 Å². The van der Waals surface area contributed by atoms with Crippen LogP contribution in [0.15, 0.2) is 103 Å². The molecular formula is C36H37N7O2. The highest BCUT2D eigenvalue weighted by Gasteiger charge is 2.33. The molecule has 0 aliphatic carbocycles. The summed E-state index contributed by atoms with van der Waals surface area (Å²) in [5.74, 6) is 0.733. The summed E-state index contributed by atoms with van der Waals surface area (Å²) in [6, 6.07) is 25.4. The Labute approximate surface area is 263 Å². The number of likely N-dealkylation sites (N-methyl/N-ethyl adjacent to an activating group) is 1. The summed E-state index contributed by atoms with van der Waals surface area (Å²) in [5.41, 5.74) is 6.05. The van der Waals surface area contributed by atoms with Crippen LogP contribution >= 0.6 is 0 Å². The standard InChI is InChI=1S/C36H37N7O2/c1-25-23-42(35(45)28-16-14-26(15-17-28)22-29(44)12-9-20-41(2)3)24-31(25)39-36-37-19-18-30(38-36)33-32-13-7-8-21-43(32)40-34(33)27-10-5-4-6-11-27/h4-19,21,25,31H,20,22-24H2,1-3H3,(H,37,38,39)/b12-9+/t25-,31+/m0/s1. The van der Waals surface area contributed by atoms with Gasteiger partial charge in [-0.25, -0.2) is 14.5 Å². The first kappa shape index (κ1) is 29.9. The molecule has 9 heteroatoms. The first-order chi connectivity index (χ1) is 21.9. The van der Waals surface area contributed by atoms with E-state index in [1.807, 2.05) is 107 Å². The van der Waals surface area contributed by atoms with Crippen LogP contribution in [0.1, 0.15) is 22.8 Å². The minimum atomic E-state index is -0.0246. The van der Waals surface area contributed by atoms with Gasteiger partial charge in [0.05, 0.1) is 22.8 Å². The Morgan fingerprint density at radius 3 is 2.53 bits per heavy atom. The molecule has 9 nitrogen and oxygen atoms in total. The van der Waals surface area contributed by atoms with E-state index in [9.17, 15) is 9.59 Å². The Bertz CT molecular complexity index is 1830. The van der Waals surface area contributed by atoms with Gasteiger partial charge in [0.1, 0.15) is 5.69 Å². The molecule has 1 fully saturated rings. The van der Waals surface area contributed by atoms with E-state index < -0.39 is 0 Å². The van der Waals surface area contributed by atoms with Crippen molar-refractivity contribution >= 4 is 23.2 Å². The molecule has 1 N–H and O–H groups in total. The number of carbonyl (C=O) groups excluding carboxylic acids is 2. The van der Waals surface area contributed by atoms with Gasteiger partial charge in [0.2, 0.25) is 5.95 Å². The smallest absolute Gasteiger partial charge is 0.253 e. The fourth-order valence-corrected chi connectivity index (χ4v) is 5.71. The van der Waals surface area contributed by atoms with Crippen LogP contribution in [0, 0.1) is 5.92 Å². The molecule has 2 atom stereocenters. The highest BCUT2D eigenvalue weighted by molar-refractivity contribution is 5.95. The van der Waals surface area contributed by atoms with Gasteiger partial charge in [-0.1, -0.05) is 61.5 Å². The maximum absolute atomic E-state index is 13.4. The van der Waals surface area contributed by atoms with Gasteiger partial charge in [0.15, 0.2) is 5.78 Å². The largest absolute Gasteiger partial charge is 0.349 e. The number of likely N-dealkylation sites (tertiary alicyclic amines) is 1. The third-order valence-electron chi connectivity index (χ3n) is 8.07. The third-order valence-corrected chi connectivity index (χ3v) is 8.07. The van der Waals surface area contributed by atoms with E-state index in [2.05, 4.69) is 29.4 Å². The van der Waals surface area contributed by atoms with Crippen molar-refractivity contribution in [2.75, 3.05) is 39.0 Å². The van der Waals surface area contributed by atoms with Gasteiger partial charge in [-0.2, -0.15) is 5.10 Å². The second kappa shape index (κ2) is 13.2. The number of amides is 1. The molecule has 1 amide bonds. The minimum absolute atomic E-state index is 0.00690. The minimum Gasteiger partial charge on any atom is -0.349 e. The van der Waals surface area contributed by atoms with Crippen LogP contribution in [0.2, 0.25) is 0 Å². The SMILES string of the molecule is C[C@H]1CN(C(=O)c2ccc(CC(=O)/C=C/CN(C)C)cc2)C[C@H]1Nc1nccc(-c2c(-c3ccccc3)nn3ccccc23)n1. The highest BCUT2D eigenvalue weighted by atomic mass is 16.2. The van der Waals surface area contributed by atoms with Crippen molar-refractivity contribution in [1.82, 2.24) is 29.4 Å². The third kappa shape index (κ3) is 6.84. The molecular weight excluding hydrogens is 562 g/mol. The summed E-state index contributed by atoms with van der Waals surface area (Å²) in [6.07, 6.45) is 7.50. The number of hydrogen-bond acceptors (Lipinski definition) is 7. The number of carbonyl (C=O) groups is 2. The Balaban J connectivity index is 1.14. The van der Waals surface area contributed by atoms with Crippen molar-refractivity contribution in [1.29, 1.82) is 0 Å². The van der Waals surface area contributed by atoms with Crippen LogP contribution in [0.25, 0.3) is 28.0 Å². The van der Waals surface area contributed by atoms with Gasteiger partial charge in [-0.3, -0.25) is 9.59 Å². The molecule has 45 heavy (non-hydrogen) atoms. The normalized spacial score (nSPS) is 16.6. The number of benzene rings is 2. The number of nitrogens with one attached hydrogen (secondary N) is 1. The molecule has 1 saturated heterocycles. The maximum Gasteiger partial charge on any atom is 0.253 e. The monoisotopic (exact) mass is 599 g/mol. The van der Waals surface area contributed by atoms with Crippen molar-refractivity contribution in [3.05, 3.63) is 115 Å². The zero-order chi connectivity index (χ0) is 31.3. The summed E-state index contributed by atoms with van der Waals surface area (Å²) < 4.78 is 1.88. The molecule has 228 valence electrons. The predicted molar refractivity (Wildman–Crippen MR) is 177 cm³/mol. The average molecular weight is 600 g/mol. The van der Waals surface area contributed by atoms with E-state index in [1.54, 1.807) is 12.3 Å². The Kier molecular flexibility index (Phi) is 8.79. The van der Waals surface area contributed by atoms with E-state index in [-0.39, 0.29) is 23.7 Å². The zero-order valence-corrected chi connectivity index (χ0v) is 25.8. The molecule has 3 aromatic heterocycles. The molecule has 6 rings (SSSR count). The van der Waals surface area contributed by atoms with Crippen molar-refractivity contribution in [2.24, 2.45) is 5.92 Å². The van der Waals surface area contributed by atoms with E-state index >= 15 is 0 Å². The first-order valence-corrected chi connectivity index (χ1v) is 15.2. The fourth-order valence-electron chi connectivity index (χ4n) is 5.71. The van der Waals surface area contributed by atoms with Gasteiger partial charge >= 0.3 is 0 Å². The molecule has 0 saturated carbocycles. The van der Waals surface area contributed by atoms with Crippen LogP contribution in [0.4, 0.5) is 5.95 Å². The van der Waals surface area contributed by atoms with E-state index in [0.717, 1.165) is 40.1 Å². The molecule has 0 bridgehead atoms. The quantitative estimate of drug-likeness (QED) is 0.219. The number of ketones is 1. The average Bonchev–Trinajstić information content (AvgIpc) is 3.62. The predicted octanol–water partition coefficient (Wildman–Crippen LogP) is 5.26. The lowest BCUT2D eigenvalue weighted by atomic mass is 10.0. The Hall–Kier alpha value is -5.15. The van der Waals surface area contributed by atoms with E-state index in [1.165, 1.54) is 0 Å². The summed E-state index contributed by atoms with van der Waals surface area (Å²) in [7, 11) is 3.92. The number of nitrogens with zero attached hydrogens (tertiary/aromatic N) is 6. The van der Waals surface area contributed by atoms with Gasteiger partial charge in [0.25, 0.3) is 5.91 Å². The van der Waals surface area contributed by atoms with Crippen LogP contribution in [-0.4, -0.2) is 80.8 Å². The molecule has 0 spiro atoms. The maximum atomic E-state index is 13.4. The molecule has 2 aromatic carbocycles. The zero-order valence-electron chi connectivity index (χ0n) is 25.8. The van der Waals surface area contributed by atoms with Gasteiger partial charge in [0, 0.05) is 49.6 Å². The fraction of sp³-hybridized carbons (Fsp3) is 0.250. The van der Waals surface area contributed by atoms with Crippen molar-refractivity contribution < 1.29 is 9.59 Å². The number of allylic oxidation sites excluding steroid dienone is 1. The van der Waals surface area contributed by atoms with Crippen LogP contribution in [0.3, 0.4) is 0 Å². The number of rotatable bonds is 10. The lowest BCUT2D eigenvalue weighted by Crippen LogP contribution is -2.32. The van der Waals surface area contributed by atoms with Crippen molar-refractivity contribution in [3.63, 3.8) is 0 Å². The molecule has 4 heterocycles. The number of pyridine rings is 1. The Morgan fingerprint density at radius 2 is 1.76 bits per heavy atom. The second-order valence-corrected chi connectivity index (χ2v) is 11.8. The number of hydrogen-bond donors (Lipinski definition) is 1. The summed E-state index contributed by atoms with van der Waals surface area (Å²) in [5, 5.41) is 8.37. The molecule has 0 radical (unpaired) electrons. The van der Waals surface area contributed by atoms with E-state index in [0.29, 0.717) is 31.0 Å². The second-order valence-electron chi connectivity index (χ2n) is 11.8.